The third kappa shape index (κ3) is 4.31. The molecule has 0 aromatic heterocycles. The van der Waals surface area contributed by atoms with Gasteiger partial charge in [0.2, 0.25) is 6.04 Å². The first kappa shape index (κ1) is 15.1. The van der Waals surface area contributed by atoms with Gasteiger partial charge in [0.05, 0.1) is 5.41 Å². The Hall–Kier alpha value is -1.98. The maximum absolute atomic E-state index is 12.7. The van der Waals surface area contributed by atoms with Gasteiger partial charge in [0.25, 0.3) is 0 Å². The van der Waals surface area contributed by atoms with Gasteiger partial charge in [-0.2, -0.15) is 0 Å². The average molecular weight is 269 g/mol. The Morgan fingerprint density at radius 3 is 2.42 bits per heavy atom. The summed E-state index contributed by atoms with van der Waals surface area (Å²) in [5.41, 5.74) is -0.985. The Balaban J connectivity index is 2.70. The van der Waals surface area contributed by atoms with Gasteiger partial charge in [0.15, 0.2) is 0 Å². The summed E-state index contributed by atoms with van der Waals surface area (Å²) in [6, 6.07) is 4.18. The molecule has 0 fully saturated rings. The van der Waals surface area contributed by atoms with Crippen molar-refractivity contribution in [2.75, 3.05) is 0 Å². The molecule has 1 aromatic carbocycles. The molecule has 0 spiro atoms. The van der Waals surface area contributed by atoms with E-state index in [2.05, 4.69) is 0 Å². The van der Waals surface area contributed by atoms with Crippen LogP contribution in [0.25, 0.3) is 0 Å². The molecule has 0 aliphatic heterocycles. The zero-order chi connectivity index (χ0) is 14.6. The maximum Gasteiger partial charge on any atom is 0.317 e. The number of halogens is 1. The Morgan fingerprint density at radius 1 is 1.42 bits per heavy atom. The normalized spacial score (nSPS) is 12.8. The van der Waals surface area contributed by atoms with Crippen LogP contribution in [0.3, 0.4) is 0 Å². The number of hydrogen-bond donors (Lipinski definition) is 0. The number of benzene rings is 1. The lowest BCUT2D eigenvalue weighted by molar-refractivity contribution is -0.521. The van der Waals surface area contributed by atoms with Crippen molar-refractivity contribution in [1.82, 2.24) is 0 Å². The highest BCUT2D eigenvalue weighted by Crippen LogP contribution is 2.26. The van der Waals surface area contributed by atoms with Gasteiger partial charge in [-0.3, -0.25) is 14.9 Å². The summed E-state index contributed by atoms with van der Waals surface area (Å²) < 4.78 is 17.8. The van der Waals surface area contributed by atoms with Crippen LogP contribution in [0.1, 0.15) is 27.2 Å². The monoisotopic (exact) mass is 269 g/mol. The lowest BCUT2D eigenvalue weighted by Crippen LogP contribution is -2.34. The third-order valence-electron chi connectivity index (χ3n) is 2.74. The number of nitro groups is 1. The highest BCUT2D eigenvalue weighted by Gasteiger charge is 2.35. The van der Waals surface area contributed by atoms with Crippen LogP contribution < -0.4 is 4.74 Å². The van der Waals surface area contributed by atoms with Crippen molar-refractivity contribution in [3.63, 3.8) is 0 Å². The van der Waals surface area contributed by atoms with E-state index in [1.807, 2.05) is 0 Å². The van der Waals surface area contributed by atoms with Crippen LogP contribution in [0.2, 0.25) is 0 Å². The van der Waals surface area contributed by atoms with E-state index in [0.29, 0.717) is 0 Å². The Labute approximate surface area is 110 Å². The van der Waals surface area contributed by atoms with E-state index in [-0.39, 0.29) is 12.2 Å². The molecule has 1 aromatic rings. The van der Waals surface area contributed by atoms with Crippen LogP contribution in [-0.4, -0.2) is 16.9 Å². The van der Waals surface area contributed by atoms with Gasteiger partial charge >= 0.3 is 5.97 Å². The van der Waals surface area contributed by atoms with Crippen molar-refractivity contribution in [2.24, 2.45) is 5.41 Å². The van der Waals surface area contributed by atoms with E-state index >= 15 is 0 Å². The van der Waals surface area contributed by atoms with E-state index in [1.165, 1.54) is 31.2 Å². The van der Waals surface area contributed by atoms with Crippen molar-refractivity contribution in [1.29, 1.82) is 0 Å². The molecule has 1 atom stereocenters. The van der Waals surface area contributed by atoms with E-state index in [9.17, 15) is 19.3 Å². The topological polar surface area (TPSA) is 69.4 Å². The lowest BCUT2D eigenvalue weighted by atomic mass is 9.86. The van der Waals surface area contributed by atoms with E-state index < -0.39 is 28.2 Å². The maximum atomic E-state index is 12.7. The molecule has 0 aliphatic carbocycles. The second-order valence-electron chi connectivity index (χ2n) is 5.07. The highest BCUT2D eigenvalue weighted by atomic mass is 19.1. The van der Waals surface area contributed by atoms with Gasteiger partial charge in [0.1, 0.15) is 11.6 Å². The molecule has 0 heterocycles. The largest absolute Gasteiger partial charge is 0.426 e. The second-order valence-corrected chi connectivity index (χ2v) is 5.07. The van der Waals surface area contributed by atoms with Crippen LogP contribution in [-0.2, 0) is 4.79 Å². The number of ether oxygens (including phenoxy) is 1. The number of hydrogen-bond acceptors (Lipinski definition) is 4. The lowest BCUT2D eigenvalue weighted by Gasteiger charge is -2.22. The molecule has 0 aliphatic rings. The van der Waals surface area contributed by atoms with E-state index in [4.69, 9.17) is 4.74 Å². The molecular weight excluding hydrogens is 253 g/mol. The van der Waals surface area contributed by atoms with Crippen molar-refractivity contribution in [3.05, 3.63) is 40.2 Å². The van der Waals surface area contributed by atoms with Crippen LogP contribution in [0.15, 0.2) is 24.3 Å². The first-order chi connectivity index (χ1) is 8.72. The highest BCUT2D eigenvalue weighted by molar-refractivity contribution is 5.78. The van der Waals surface area contributed by atoms with Crippen molar-refractivity contribution in [2.45, 2.75) is 33.2 Å². The number of carbonyl (C=O) groups excluding carboxylic acids is 1. The first-order valence-corrected chi connectivity index (χ1v) is 5.84. The smallest absolute Gasteiger partial charge is 0.317 e. The van der Waals surface area contributed by atoms with Crippen LogP contribution >= 0.6 is 0 Å². The van der Waals surface area contributed by atoms with Crippen molar-refractivity contribution < 1.29 is 18.8 Å². The fourth-order valence-corrected chi connectivity index (χ4v) is 1.64. The van der Waals surface area contributed by atoms with Gasteiger partial charge in [-0.05, 0) is 38.1 Å². The molecule has 1 unspecified atom stereocenters. The molecule has 0 N–H and O–H groups in total. The van der Waals surface area contributed by atoms with E-state index in [1.54, 1.807) is 13.8 Å². The molecule has 5 nitrogen and oxygen atoms in total. The number of nitrogens with zero attached hydrogens (tertiary/aromatic N) is 1. The van der Waals surface area contributed by atoms with Crippen molar-refractivity contribution in [3.8, 4) is 5.75 Å². The molecule has 1 rings (SSSR count). The minimum Gasteiger partial charge on any atom is -0.426 e. The molecule has 104 valence electrons. The Morgan fingerprint density at radius 2 is 1.95 bits per heavy atom. The summed E-state index contributed by atoms with van der Waals surface area (Å²) in [6.07, 6.45) is 0.0695. The summed E-state index contributed by atoms with van der Waals surface area (Å²) in [5, 5.41) is 10.6. The summed E-state index contributed by atoms with van der Waals surface area (Å²) in [4.78, 5) is 22.1. The SMILES string of the molecule is CC(CC(C)(C)C(=O)Oc1ccc(F)cc1)[N+](=O)[O-]. The standard InChI is InChI=1S/C13H16FNO4/c1-9(15(17)18)8-13(2,3)12(16)19-11-6-4-10(14)5-7-11/h4-7,9H,8H2,1-3H3. The first-order valence-electron chi connectivity index (χ1n) is 5.84. The number of carbonyl (C=O) groups is 1. The third-order valence-corrected chi connectivity index (χ3v) is 2.74. The fraction of sp³-hybridized carbons (Fsp3) is 0.462. The number of rotatable bonds is 5. The van der Waals surface area contributed by atoms with Gasteiger partial charge in [0, 0.05) is 18.3 Å². The summed E-state index contributed by atoms with van der Waals surface area (Å²) >= 11 is 0. The van der Waals surface area contributed by atoms with Gasteiger partial charge < -0.3 is 4.74 Å². The Bertz CT molecular complexity index is 470. The summed E-state index contributed by atoms with van der Waals surface area (Å²) in [6.45, 7) is 4.60. The molecule has 0 bridgehead atoms. The van der Waals surface area contributed by atoms with Crippen LogP contribution in [0, 0.1) is 21.3 Å². The molecule has 19 heavy (non-hydrogen) atoms. The summed E-state index contributed by atoms with van der Waals surface area (Å²) in [5.74, 6) is -0.790. The quantitative estimate of drug-likeness (QED) is 0.356. The average Bonchev–Trinajstić information content (AvgIpc) is 2.31. The minimum atomic E-state index is -0.985. The van der Waals surface area contributed by atoms with Crippen LogP contribution in [0.4, 0.5) is 4.39 Å². The molecule has 0 radical (unpaired) electrons. The minimum absolute atomic E-state index is 0.0695. The molecular formula is C13H16FNO4. The molecule has 6 heteroatoms. The predicted octanol–water partition coefficient (Wildman–Crippen LogP) is 2.81. The van der Waals surface area contributed by atoms with Crippen molar-refractivity contribution >= 4 is 5.97 Å². The zero-order valence-electron chi connectivity index (χ0n) is 11.1. The molecule has 0 amide bonds. The zero-order valence-corrected chi connectivity index (χ0v) is 11.1. The number of esters is 1. The Kier molecular flexibility index (Phi) is 4.58. The van der Waals surface area contributed by atoms with Gasteiger partial charge in [-0.15, -0.1) is 0 Å². The second kappa shape index (κ2) is 5.77. The molecule has 0 saturated heterocycles. The molecule has 0 saturated carbocycles. The predicted molar refractivity (Wildman–Crippen MR) is 66.9 cm³/mol. The van der Waals surface area contributed by atoms with Crippen LogP contribution in [0.5, 0.6) is 5.75 Å². The summed E-state index contributed by atoms with van der Waals surface area (Å²) in [7, 11) is 0. The van der Waals surface area contributed by atoms with Gasteiger partial charge in [-0.1, -0.05) is 0 Å². The van der Waals surface area contributed by atoms with Gasteiger partial charge in [-0.25, -0.2) is 4.39 Å². The fourth-order valence-electron chi connectivity index (χ4n) is 1.64. The van der Waals surface area contributed by atoms with E-state index in [0.717, 1.165) is 0 Å².